The van der Waals surface area contributed by atoms with Gasteiger partial charge in [0.1, 0.15) is 5.82 Å². The van der Waals surface area contributed by atoms with Crippen molar-refractivity contribution < 1.29 is 0 Å². The van der Waals surface area contributed by atoms with Gasteiger partial charge < -0.3 is 4.90 Å². The highest BCUT2D eigenvalue weighted by Gasteiger charge is 2.09. The second-order valence-electron chi connectivity index (χ2n) is 3.83. The van der Waals surface area contributed by atoms with Crippen LogP contribution in [-0.4, -0.2) is 17.0 Å². The Labute approximate surface area is 110 Å². The van der Waals surface area contributed by atoms with Crippen LogP contribution in [-0.2, 0) is 12.4 Å². The quantitative estimate of drug-likeness (QED) is 0.797. The number of anilines is 1. The smallest absolute Gasteiger partial charge is 0.133 e. The Morgan fingerprint density at radius 1 is 1.47 bits per heavy atom. The highest BCUT2D eigenvalue weighted by molar-refractivity contribution is 7.09. The van der Waals surface area contributed by atoms with Gasteiger partial charge in [-0.2, -0.15) is 0 Å². The van der Waals surface area contributed by atoms with E-state index < -0.39 is 0 Å². The highest BCUT2D eigenvalue weighted by Crippen LogP contribution is 2.20. The summed E-state index contributed by atoms with van der Waals surface area (Å²) in [5.74, 6) is 1.40. The first-order chi connectivity index (χ1) is 8.20. The Kier molecular flexibility index (Phi) is 3.97. The second-order valence-corrected chi connectivity index (χ2v) is 5.16. The number of aromatic nitrogens is 2. The Balaban J connectivity index is 2.16. The number of halogens is 1. The molecule has 2 heterocycles. The van der Waals surface area contributed by atoms with Crippen LogP contribution in [0.4, 0.5) is 5.82 Å². The van der Waals surface area contributed by atoms with Crippen LogP contribution in [0.3, 0.4) is 0 Å². The number of hydrogen-bond donors (Lipinski definition) is 0. The summed E-state index contributed by atoms with van der Waals surface area (Å²) < 4.78 is 0. The van der Waals surface area contributed by atoms with E-state index in [0.29, 0.717) is 5.88 Å². The van der Waals surface area contributed by atoms with Gasteiger partial charge >= 0.3 is 0 Å². The monoisotopic (exact) mass is 267 g/mol. The van der Waals surface area contributed by atoms with Crippen molar-refractivity contribution in [1.82, 2.24) is 9.97 Å². The molecular formula is C12H14ClN3S. The zero-order valence-corrected chi connectivity index (χ0v) is 11.4. The van der Waals surface area contributed by atoms with Crippen LogP contribution < -0.4 is 4.90 Å². The van der Waals surface area contributed by atoms with Crippen LogP contribution in [0.2, 0.25) is 0 Å². The summed E-state index contributed by atoms with van der Waals surface area (Å²) in [7, 11) is 2.01. The lowest BCUT2D eigenvalue weighted by Crippen LogP contribution is -2.19. The summed E-state index contributed by atoms with van der Waals surface area (Å²) >= 11 is 7.57. The molecule has 0 aliphatic heterocycles. The van der Waals surface area contributed by atoms with Crippen LogP contribution in [0, 0.1) is 6.92 Å². The van der Waals surface area contributed by atoms with Crippen LogP contribution in [0.25, 0.3) is 0 Å². The lowest BCUT2D eigenvalue weighted by molar-refractivity contribution is 0.863. The summed E-state index contributed by atoms with van der Waals surface area (Å²) in [4.78, 5) is 10.9. The van der Waals surface area contributed by atoms with Crippen LogP contribution >= 0.6 is 22.9 Å². The number of hydrogen-bond acceptors (Lipinski definition) is 4. The molecule has 0 atom stereocenters. The molecule has 0 spiro atoms. The molecule has 0 radical (unpaired) electrons. The molecule has 17 heavy (non-hydrogen) atoms. The molecule has 0 N–H and O–H groups in total. The fourth-order valence-corrected chi connectivity index (χ4v) is 2.49. The van der Waals surface area contributed by atoms with Gasteiger partial charge in [-0.15, -0.1) is 22.9 Å². The molecule has 0 fully saturated rings. The molecule has 90 valence electrons. The maximum atomic E-state index is 5.90. The van der Waals surface area contributed by atoms with Gasteiger partial charge in [-0.05, 0) is 13.0 Å². The van der Waals surface area contributed by atoms with Gasteiger partial charge in [0.2, 0.25) is 0 Å². The third-order valence-electron chi connectivity index (χ3n) is 2.44. The lowest BCUT2D eigenvalue weighted by atomic mass is 10.2. The van der Waals surface area contributed by atoms with Gasteiger partial charge in [-0.1, -0.05) is 6.07 Å². The third-order valence-corrected chi connectivity index (χ3v) is 3.55. The number of aryl methyl sites for hydroxylation is 1. The fraction of sp³-hybridized carbons (Fsp3) is 0.333. The van der Waals surface area contributed by atoms with E-state index in [2.05, 4.69) is 20.2 Å². The van der Waals surface area contributed by atoms with E-state index in [9.17, 15) is 0 Å². The fourth-order valence-electron chi connectivity index (χ4n) is 1.68. The van der Waals surface area contributed by atoms with Gasteiger partial charge in [-0.25, -0.2) is 9.97 Å². The molecule has 0 amide bonds. The van der Waals surface area contributed by atoms with E-state index >= 15 is 0 Å². The molecular weight excluding hydrogens is 254 g/mol. The molecule has 0 bridgehead atoms. The van der Waals surface area contributed by atoms with E-state index in [1.165, 1.54) is 0 Å². The standard InChI is InChI=1S/C12H14ClN3S/c1-9-15-11(8-17-9)7-16(2)12-10(6-13)4-3-5-14-12/h3-5,8H,6-7H2,1-2H3. The first-order valence-electron chi connectivity index (χ1n) is 5.32. The van der Waals surface area contributed by atoms with Crippen LogP contribution in [0.5, 0.6) is 0 Å². The van der Waals surface area contributed by atoms with E-state index in [1.807, 2.05) is 26.1 Å². The Hall–Kier alpha value is -1.13. The maximum absolute atomic E-state index is 5.90. The zero-order chi connectivity index (χ0) is 12.3. The summed E-state index contributed by atoms with van der Waals surface area (Å²) in [6, 6.07) is 3.90. The molecule has 0 unspecified atom stereocenters. The zero-order valence-electron chi connectivity index (χ0n) is 9.85. The summed E-state index contributed by atoms with van der Waals surface area (Å²) in [5.41, 5.74) is 2.12. The van der Waals surface area contributed by atoms with Crippen molar-refractivity contribution in [3.8, 4) is 0 Å². The van der Waals surface area contributed by atoms with Gasteiger partial charge in [0.15, 0.2) is 0 Å². The predicted octanol–water partition coefficient (Wildman–Crippen LogP) is 3.22. The third kappa shape index (κ3) is 2.96. The van der Waals surface area contributed by atoms with Gasteiger partial charge in [0.05, 0.1) is 23.1 Å². The molecule has 2 aromatic rings. The maximum Gasteiger partial charge on any atom is 0.133 e. The number of rotatable bonds is 4. The summed E-state index contributed by atoms with van der Waals surface area (Å²) in [5, 5.41) is 3.17. The predicted molar refractivity (Wildman–Crippen MR) is 72.8 cm³/mol. The molecule has 3 nitrogen and oxygen atoms in total. The van der Waals surface area contributed by atoms with E-state index in [4.69, 9.17) is 11.6 Å². The van der Waals surface area contributed by atoms with Crippen molar-refractivity contribution in [2.75, 3.05) is 11.9 Å². The topological polar surface area (TPSA) is 29.0 Å². The van der Waals surface area contributed by atoms with Crippen molar-refractivity contribution in [3.05, 3.63) is 40.0 Å². The van der Waals surface area contributed by atoms with Crippen molar-refractivity contribution in [2.24, 2.45) is 0 Å². The van der Waals surface area contributed by atoms with Crippen molar-refractivity contribution in [2.45, 2.75) is 19.3 Å². The van der Waals surface area contributed by atoms with E-state index in [1.54, 1.807) is 17.5 Å². The Morgan fingerprint density at radius 3 is 2.94 bits per heavy atom. The molecule has 0 saturated carbocycles. The van der Waals surface area contributed by atoms with E-state index in [-0.39, 0.29) is 0 Å². The first-order valence-corrected chi connectivity index (χ1v) is 6.74. The minimum absolute atomic E-state index is 0.476. The molecule has 0 saturated heterocycles. The SMILES string of the molecule is Cc1nc(CN(C)c2ncccc2CCl)cs1. The Bertz CT molecular complexity index is 498. The van der Waals surface area contributed by atoms with Crippen molar-refractivity contribution >= 4 is 28.8 Å². The number of pyridine rings is 1. The van der Waals surface area contributed by atoms with E-state index in [0.717, 1.165) is 28.6 Å². The number of thiazole rings is 1. The van der Waals surface area contributed by atoms with Crippen LogP contribution in [0.15, 0.2) is 23.7 Å². The normalized spacial score (nSPS) is 10.5. The van der Waals surface area contributed by atoms with Gasteiger partial charge in [0, 0.05) is 24.2 Å². The van der Waals surface area contributed by atoms with Crippen molar-refractivity contribution in [3.63, 3.8) is 0 Å². The first kappa shape index (κ1) is 12.3. The van der Waals surface area contributed by atoms with Crippen LogP contribution in [0.1, 0.15) is 16.3 Å². The molecule has 0 aliphatic rings. The Morgan fingerprint density at radius 2 is 2.29 bits per heavy atom. The largest absolute Gasteiger partial charge is 0.353 e. The minimum Gasteiger partial charge on any atom is -0.353 e. The number of alkyl halides is 1. The molecule has 2 aromatic heterocycles. The van der Waals surface area contributed by atoms with Gasteiger partial charge in [-0.3, -0.25) is 0 Å². The molecule has 0 aromatic carbocycles. The summed E-state index contributed by atoms with van der Waals surface area (Å²) in [6.07, 6.45) is 1.79. The van der Waals surface area contributed by atoms with Gasteiger partial charge in [0.25, 0.3) is 0 Å². The van der Waals surface area contributed by atoms with Crippen molar-refractivity contribution in [1.29, 1.82) is 0 Å². The minimum atomic E-state index is 0.476. The average molecular weight is 268 g/mol. The molecule has 5 heteroatoms. The lowest BCUT2D eigenvalue weighted by Gasteiger charge is -2.19. The summed E-state index contributed by atoms with van der Waals surface area (Å²) in [6.45, 7) is 2.77. The molecule has 2 rings (SSSR count). The average Bonchev–Trinajstić information content (AvgIpc) is 2.74. The highest BCUT2D eigenvalue weighted by atomic mass is 35.5. The number of nitrogens with zero attached hydrogens (tertiary/aromatic N) is 3. The second kappa shape index (κ2) is 5.47. The molecule has 0 aliphatic carbocycles.